The van der Waals surface area contributed by atoms with E-state index in [0.29, 0.717) is 0 Å². The minimum Gasteiger partial charge on any atom is -0.452 e. The van der Waals surface area contributed by atoms with Crippen molar-refractivity contribution in [1.82, 2.24) is 4.90 Å². The zero-order valence-corrected chi connectivity index (χ0v) is 9.15. The lowest BCUT2D eigenvalue weighted by Crippen LogP contribution is -2.34. The van der Waals surface area contributed by atoms with Crippen LogP contribution in [0, 0.1) is 0 Å². The van der Waals surface area contributed by atoms with Crippen LogP contribution in [0.1, 0.15) is 0 Å². The van der Waals surface area contributed by atoms with Crippen LogP contribution in [0.4, 0.5) is 0 Å². The molecule has 0 aromatic rings. The fraction of sp³-hybridized carbons (Fsp3) is 0.778. The Balaban J connectivity index is 2.00. The van der Waals surface area contributed by atoms with Gasteiger partial charge in [-0.25, -0.2) is 0 Å². The Labute approximate surface area is 93.0 Å². The zero-order valence-electron chi connectivity index (χ0n) is 9.15. The first-order chi connectivity index (χ1) is 7.61. The molecule has 2 heterocycles. The lowest BCUT2D eigenvalue weighted by atomic mass is 10.1. The van der Waals surface area contributed by atoms with E-state index >= 15 is 0 Å². The van der Waals surface area contributed by atoms with Crippen molar-refractivity contribution >= 4 is 12.4 Å². The van der Waals surface area contributed by atoms with Crippen molar-refractivity contribution < 1.29 is 19.7 Å². The first-order valence-corrected chi connectivity index (χ1v) is 5.01. The van der Waals surface area contributed by atoms with Crippen LogP contribution in [0.5, 0.6) is 0 Å². The second-order valence-corrected chi connectivity index (χ2v) is 3.94. The van der Waals surface area contributed by atoms with Crippen molar-refractivity contribution in [3.05, 3.63) is 0 Å². The monoisotopic (exact) mass is 229 g/mol. The molecular weight excluding hydrogens is 214 g/mol. The Morgan fingerprint density at radius 3 is 2.88 bits per heavy atom. The molecule has 2 aliphatic rings. The summed E-state index contributed by atoms with van der Waals surface area (Å²) in [6.07, 6.45) is -1.08. The molecule has 0 aromatic heterocycles. The summed E-state index contributed by atoms with van der Waals surface area (Å²) >= 11 is 0. The van der Waals surface area contributed by atoms with Crippen molar-refractivity contribution in [2.45, 2.75) is 24.5 Å². The van der Waals surface area contributed by atoms with Crippen molar-refractivity contribution in [1.29, 1.82) is 0 Å². The minimum absolute atomic E-state index is 0.194. The molecule has 16 heavy (non-hydrogen) atoms. The lowest BCUT2D eigenvalue weighted by molar-refractivity contribution is -0.0206. The Morgan fingerprint density at radius 2 is 2.31 bits per heavy atom. The van der Waals surface area contributed by atoms with Gasteiger partial charge in [-0.2, -0.15) is 9.98 Å². The average molecular weight is 229 g/mol. The minimum atomic E-state index is -0.870. The maximum Gasteiger partial charge on any atom is 0.316 e. The molecule has 0 radical (unpaired) electrons. The molecular formula is C9H15N3O4. The van der Waals surface area contributed by atoms with Crippen LogP contribution in [0.25, 0.3) is 0 Å². The molecule has 0 amide bonds. The van der Waals surface area contributed by atoms with Crippen LogP contribution >= 0.6 is 0 Å². The summed E-state index contributed by atoms with van der Waals surface area (Å²) in [4.78, 5) is 9.76. The lowest BCUT2D eigenvalue weighted by Gasteiger charge is -2.13. The van der Waals surface area contributed by atoms with Crippen LogP contribution in [0.2, 0.25) is 0 Å². The van der Waals surface area contributed by atoms with Gasteiger partial charge < -0.3 is 24.6 Å². The van der Waals surface area contributed by atoms with Gasteiger partial charge in [0.25, 0.3) is 0 Å². The van der Waals surface area contributed by atoms with Crippen molar-refractivity contribution in [2.24, 2.45) is 9.98 Å². The van der Waals surface area contributed by atoms with Gasteiger partial charge in [-0.15, -0.1) is 0 Å². The number of rotatable bonds is 2. The van der Waals surface area contributed by atoms with Gasteiger partial charge in [-0.3, -0.25) is 0 Å². The molecule has 2 N–H and O–H groups in total. The summed E-state index contributed by atoms with van der Waals surface area (Å²) in [5, 5.41) is 18.6. The van der Waals surface area contributed by atoms with E-state index in [4.69, 9.17) is 14.6 Å². The molecule has 0 saturated carbocycles. The summed E-state index contributed by atoms with van der Waals surface area (Å²) in [5.41, 5.74) is 0. The van der Waals surface area contributed by atoms with Gasteiger partial charge in [0.2, 0.25) is 0 Å². The van der Waals surface area contributed by atoms with Crippen molar-refractivity contribution in [3.63, 3.8) is 0 Å². The van der Waals surface area contributed by atoms with Gasteiger partial charge in [-0.05, 0) is 0 Å². The van der Waals surface area contributed by atoms with Crippen molar-refractivity contribution in [3.8, 4) is 0 Å². The summed E-state index contributed by atoms with van der Waals surface area (Å²) in [6, 6.07) is 0.194. The first-order valence-electron chi connectivity index (χ1n) is 5.01. The highest BCUT2D eigenvalue weighted by atomic mass is 16.6. The van der Waals surface area contributed by atoms with Gasteiger partial charge in [0.1, 0.15) is 12.2 Å². The Morgan fingerprint density at radius 1 is 1.56 bits per heavy atom. The second-order valence-electron chi connectivity index (χ2n) is 3.94. The van der Waals surface area contributed by atoms with E-state index in [1.165, 1.54) is 0 Å². The molecule has 0 spiro atoms. The van der Waals surface area contributed by atoms with Crippen LogP contribution in [-0.4, -0.2) is 72.7 Å². The van der Waals surface area contributed by atoms with E-state index in [0.717, 1.165) is 0 Å². The molecule has 7 heteroatoms. The van der Waals surface area contributed by atoms with E-state index in [1.54, 1.807) is 11.2 Å². The van der Waals surface area contributed by atoms with Gasteiger partial charge in [0.05, 0.1) is 12.9 Å². The number of aliphatic imine (C=N–C) groups is 2. The van der Waals surface area contributed by atoms with E-state index < -0.39 is 24.5 Å². The standard InChI is InChI=1S/C9H15N3O4/c1-12(2)4-10-9-11-8-7(16-9)6(14)5(3-13)15-8/h4-8,13-14H,3H2,1-2H3/b10-4-/t5-,6-,7+,8-/m1/s1. The molecule has 0 aromatic carbocycles. The summed E-state index contributed by atoms with van der Waals surface area (Å²) in [7, 11) is 3.65. The Hall–Kier alpha value is -1.18. The van der Waals surface area contributed by atoms with Gasteiger partial charge in [0.15, 0.2) is 12.3 Å². The summed E-state index contributed by atoms with van der Waals surface area (Å²) < 4.78 is 10.6. The summed E-state index contributed by atoms with van der Waals surface area (Å²) in [5.74, 6) is 0. The first kappa shape index (κ1) is 11.3. The number of aliphatic hydroxyl groups is 2. The molecule has 0 unspecified atom stereocenters. The van der Waals surface area contributed by atoms with Crippen molar-refractivity contribution in [2.75, 3.05) is 20.7 Å². The van der Waals surface area contributed by atoms with E-state index in [9.17, 15) is 5.11 Å². The highest BCUT2D eigenvalue weighted by Gasteiger charge is 2.49. The second kappa shape index (κ2) is 4.36. The van der Waals surface area contributed by atoms with Gasteiger partial charge >= 0.3 is 6.02 Å². The normalized spacial score (nSPS) is 37.4. The van der Waals surface area contributed by atoms with E-state index in [-0.39, 0.29) is 12.6 Å². The molecule has 2 aliphatic heterocycles. The number of hydrogen-bond donors (Lipinski definition) is 2. The molecule has 0 aliphatic carbocycles. The predicted octanol–water partition coefficient (Wildman–Crippen LogP) is -1.59. The van der Waals surface area contributed by atoms with Crippen LogP contribution in [0.15, 0.2) is 9.98 Å². The summed E-state index contributed by atoms with van der Waals surface area (Å²) in [6.45, 7) is -0.247. The number of ether oxygens (including phenoxy) is 2. The molecule has 4 atom stereocenters. The number of fused-ring (bicyclic) bond motifs is 1. The third-order valence-corrected chi connectivity index (χ3v) is 2.37. The quantitative estimate of drug-likeness (QED) is 0.440. The molecule has 7 nitrogen and oxygen atoms in total. The number of aliphatic hydroxyl groups excluding tert-OH is 2. The molecule has 2 rings (SSSR count). The molecule has 0 bridgehead atoms. The third kappa shape index (κ3) is 2.01. The average Bonchev–Trinajstić information content (AvgIpc) is 2.75. The highest BCUT2D eigenvalue weighted by Crippen LogP contribution is 2.29. The maximum absolute atomic E-state index is 9.71. The fourth-order valence-electron chi connectivity index (χ4n) is 1.59. The number of nitrogens with zero attached hydrogens (tertiary/aromatic N) is 3. The van der Waals surface area contributed by atoms with E-state index in [2.05, 4.69) is 9.98 Å². The van der Waals surface area contributed by atoms with Crippen LogP contribution in [-0.2, 0) is 9.47 Å². The Bertz CT molecular complexity index is 318. The SMILES string of the molecule is CN(C)/C=N\C1=N[C@@H]2O[C@H](CO)[C@@H](O)[C@@H]2O1. The smallest absolute Gasteiger partial charge is 0.316 e. The topological polar surface area (TPSA) is 86.9 Å². The molecule has 1 fully saturated rings. The van der Waals surface area contributed by atoms with E-state index in [1.807, 2.05) is 14.1 Å². The molecule has 1 saturated heterocycles. The number of amidine groups is 1. The Kier molecular flexibility index (Phi) is 3.08. The largest absolute Gasteiger partial charge is 0.452 e. The van der Waals surface area contributed by atoms with Gasteiger partial charge in [-0.1, -0.05) is 0 Å². The van der Waals surface area contributed by atoms with Gasteiger partial charge in [0, 0.05) is 14.1 Å². The zero-order chi connectivity index (χ0) is 11.7. The predicted molar refractivity (Wildman–Crippen MR) is 56.2 cm³/mol. The third-order valence-electron chi connectivity index (χ3n) is 2.37. The fourth-order valence-corrected chi connectivity index (χ4v) is 1.59. The number of hydrogen-bond acceptors (Lipinski definition) is 6. The highest BCUT2D eigenvalue weighted by molar-refractivity contribution is 5.83. The van der Waals surface area contributed by atoms with Crippen LogP contribution < -0.4 is 0 Å². The maximum atomic E-state index is 9.71. The van der Waals surface area contributed by atoms with Crippen LogP contribution in [0.3, 0.4) is 0 Å². The molecule has 90 valence electrons.